The van der Waals surface area contributed by atoms with Crippen molar-refractivity contribution in [3.63, 3.8) is 0 Å². The van der Waals surface area contributed by atoms with Gasteiger partial charge in [0.2, 0.25) is 0 Å². The Morgan fingerprint density at radius 3 is 2.12 bits per heavy atom. The SMILES string of the molecule is CC(Cc1ccc(C(F)(F)F)cc1)N1CC(Oc2c(F)cc(C3CCN(C)CC3)cc2F)C1. The number of benzene rings is 2. The molecule has 0 spiro atoms. The van der Waals surface area contributed by atoms with Crippen LogP contribution in [0.1, 0.15) is 42.4 Å². The lowest BCUT2D eigenvalue weighted by Crippen LogP contribution is -2.57. The van der Waals surface area contributed by atoms with Crippen molar-refractivity contribution in [2.24, 2.45) is 0 Å². The fraction of sp³-hybridized carbons (Fsp3) is 0.520. The molecule has 2 aromatic rings. The third-order valence-corrected chi connectivity index (χ3v) is 6.81. The summed E-state index contributed by atoms with van der Waals surface area (Å²) >= 11 is 0. The fourth-order valence-electron chi connectivity index (χ4n) is 4.64. The van der Waals surface area contributed by atoms with E-state index in [9.17, 15) is 22.0 Å². The number of likely N-dealkylation sites (tertiary alicyclic amines) is 2. The largest absolute Gasteiger partial charge is 0.482 e. The van der Waals surface area contributed by atoms with Gasteiger partial charge in [-0.05, 0) is 87.6 Å². The molecule has 2 aliphatic heterocycles. The predicted octanol–water partition coefficient (Wildman–Crippen LogP) is 5.49. The Hall–Kier alpha value is -2.19. The van der Waals surface area contributed by atoms with Gasteiger partial charge in [-0.3, -0.25) is 4.90 Å². The van der Waals surface area contributed by atoms with Crippen molar-refractivity contribution in [1.82, 2.24) is 9.80 Å². The molecule has 2 heterocycles. The number of rotatable bonds is 6. The lowest BCUT2D eigenvalue weighted by Gasteiger charge is -2.43. The van der Waals surface area contributed by atoms with Gasteiger partial charge in [0.05, 0.1) is 5.56 Å². The minimum atomic E-state index is -4.35. The molecule has 0 N–H and O–H groups in total. The lowest BCUT2D eigenvalue weighted by atomic mass is 9.89. The summed E-state index contributed by atoms with van der Waals surface area (Å²) in [5, 5.41) is 0. The maximum atomic E-state index is 14.7. The average molecular weight is 469 g/mol. The third-order valence-electron chi connectivity index (χ3n) is 6.81. The molecule has 0 aliphatic carbocycles. The van der Waals surface area contributed by atoms with Crippen LogP contribution in [0.3, 0.4) is 0 Å². The minimum Gasteiger partial charge on any atom is -0.482 e. The molecule has 2 aliphatic rings. The number of ether oxygens (including phenoxy) is 1. The Morgan fingerprint density at radius 2 is 1.58 bits per heavy atom. The zero-order valence-electron chi connectivity index (χ0n) is 18.8. The first kappa shape index (κ1) is 24.0. The molecule has 33 heavy (non-hydrogen) atoms. The van der Waals surface area contributed by atoms with E-state index >= 15 is 0 Å². The molecule has 1 unspecified atom stereocenters. The molecule has 8 heteroatoms. The van der Waals surface area contributed by atoms with E-state index in [-0.39, 0.29) is 23.8 Å². The summed E-state index contributed by atoms with van der Waals surface area (Å²) in [6.07, 6.45) is -2.33. The van der Waals surface area contributed by atoms with Crippen LogP contribution < -0.4 is 4.74 Å². The van der Waals surface area contributed by atoms with Gasteiger partial charge in [-0.1, -0.05) is 12.1 Å². The summed E-state index contributed by atoms with van der Waals surface area (Å²) < 4.78 is 73.1. The zero-order valence-corrected chi connectivity index (χ0v) is 18.8. The second-order valence-electron chi connectivity index (χ2n) is 9.33. The van der Waals surface area contributed by atoms with Gasteiger partial charge in [-0.2, -0.15) is 13.2 Å². The molecule has 180 valence electrons. The van der Waals surface area contributed by atoms with E-state index in [1.807, 2.05) is 14.0 Å². The molecule has 2 saturated heterocycles. The van der Waals surface area contributed by atoms with Crippen molar-refractivity contribution >= 4 is 0 Å². The highest BCUT2D eigenvalue weighted by atomic mass is 19.4. The third kappa shape index (κ3) is 5.66. The smallest absolute Gasteiger partial charge is 0.416 e. The zero-order chi connectivity index (χ0) is 23.8. The topological polar surface area (TPSA) is 15.7 Å². The van der Waals surface area contributed by atoms with Gasteiger partial charge in [-0.15, -0.1) is 0 Å². The number of hydrogen-bond donors (Lipinski definition) is 0. The van der Waals surface area contributed by atoms with E-state index in [0.717, 1.165) is 43.6 Å². The summed E-state index contributed by atoms with van der Waals surface area (Å²) in [6, 6.07) is 8.03. The quantitative estimate of drug-likeness (QED) is 0.522. The van der Waals surface area contributed by atoms with E-state index in [0.29, 0.717) is 25.1 Å². The van der Waals surface area contributed by atoms with Crippen molar-refractivity contribution in [2.75, 3.05) is 33.2 Å². The Bertz CT molecular complexity index is 925. The van der Waals surface area contributed by atoms with Gasteiger partial charge < -0.3 is 9.64 Å². The highest BCUT2D eigenvalue weighted by Gasteiger charge is 2.34. The second kappa shape index (κ2) is 9.58. The van der Waals surface area contributed by atoms with Crippen molar-refractivity contribution in [3.8, 4) is 5.75 Å². The summed E-state index contributed by atoms with van der Waals surface area (Å²) in [5.41, 5.74) is 0.828. The van der Waals surface area contributed by atoms with Crippen LogP contribution in [-0.2, 0) is 12.6 Å². The molecule has 2 fully saturated rings. The summed E-state index contributed by atoms with van der Waals surface area (Å²) in [7, 11) is 2.04. The molecule has 4 rings (SSSR count). The van der Waals surface area contributed by atoms with Crippen LogP contribution in [0.25, 0.3) is 0 Å². The van der Waals surface area contributed by atoms with Crippen molar-refractivity contribution in [2.45, 2.75) is 50.4 Å². The van der Waals surface area contributed by atoms with Crippen LogP contribution >= 0.6 is 0 Å². The summed E-state index contributed by atoms with van der Waals surface area (Å²) in [4.78, 5) is 4.30. The van der Waals surface area contributed by atoms with Crippen LogP contribution in [0, 0.1) is 11.6 Å². The van der Waals surface area contributed by atoms with E-state index in [2.05, 4.69) is 9.80 Å². The minimum absolute atomic E-state index is 0.0723. The molecule has 0 bridgehead atoms. The summed E-state index contributed by atoms with van der Waals surface area (Å²) in [5.74, 6) is -1.50. The first-order valence-corrected chi connectivity index (χ1v) is 11.3. The molecular formula is C25H29F5N2O. The first-order chi connectivity index (χ1) is 15.6. The van der Waals surface area contributed by atoms with E-state index < -0.39 is 23.4 Å². The highest BCUT2D eigenvalue weighted by molar-refractivity contribution is 5.34. The molecular weight excluding hydrogens is 439 g/mol. The second-order valence-corrected chi connectivity index (χ2v) is 9.33. The molecule has 3 nitrogen and oxygen atoms in total. The van der Waals surface area contributed by atoms with Gasteiger partial charge in [0.15, 0.2) is 17.4 Å². The summed E-state index contributed by atoms with van der Waals surface area (Å²) in [6.45, 7) is 4.82. The number of nitrogens with zero attached hydrogens (tertiary/aromatic N) is 2. The molecule has 1 atom stereocenters. The van der Waals surface area contributed by atoms with Crippen LogP contribution in [0.2, 0.25) is 0 Å². The Kier molecular flexibility index (Phi) is 6.96. The van der Waals surface area contributed by atoms with Crippen molar-refractivity contribution in [1.29, 1.82) is 0 Å². The maximum Gasteiger partial charge on any atom is 0.416 e. The van der Waals surface area contributed by atoms with Crippen molar-refractivity contribution < 1.29 is 26.7 Å². The standard InChI is InChI=1S/C25H29F5N2O/c1-16(11-17-3-5-20(6-4-17)25(28,29)30)32-14-21(15-32)33-24-22(26)12-19(13-23(24)27)18-7-9-31(2)10-8-18/h3-6,12-13,16,18,21H,7-11,14-15H2,1-2H3. The normalized spacial score (nSPS) is 20.0. The maximum absolute atomic E-state index is 14.7. The number of alkyl halides is 3. The predicted molar refractivity (Wildman–Crippen MR) is 116 cm³/mol. The molecule has 0 aromatic heterocycles. The molecule has 0 radical (unpaired) electrons. The van der Waals surface area contributed by atoms with E-state index in [4.69, 9.17) is 4.74 Å². The molecule has 0 saturated carbocycles. The number of hydrogen-bond acceptors (Lipinski definition) is 3. The van der Waals surface area contributed by atoms with E-state index in [1.54, 1.807) is 0 Å². The molecule has 0 amide bonds. The van der Waals surface area contributed by atoms with Crippen LogP contribution in [-0.4, -0.2) is 55.2 Å². The number of piperidine rings is 1. The van der Waals surface area contributed by atoms with Crippen LogP contribution in [0.15, 0.2) is 36.4 Å². The van der Waals surface area contributed by atoms with Gasteiger partial charge in [0.1, 0.15) is 6.10 Å². The monoisotopic (exact) mass is 468 g/mol. The lowest BCUT2D eigenvalue weighted by molar-refractivity contribution is -0.137. The first-order valence-electron chi connectivity index (χ1n) is 11.3. The average Bonchev–Trinajstić information content (AvgIpc) is 2.72. The van der Waals surface area contributed by atoms with Gasteiger partial charge >= 0.3 is 6.18 Å². The Morgan fingerprint density at radius 1 is 1.00 bits per heavy atom. The Balaban J connectivity index is 1.29. The molecule has 2 aromatic carbocycles. The Labute approximate surface area is 191 Å². The van der Waals surface area contributed by atoms with Gasteiger partial charge in [0, 0.05) is 19.1 Å². The number of halogens is 5. The van der Waals surface area contributed by atoms with Crippen LogP contribution in [0.4, 0.5) is 22.0 Å². The van der Waals surface area contributed by atoms with Crippen molar-refractivity contribution in [3.05, 3.63) is 64.7 Å². The van der Waals surface area contributed by atoms with Gasteiger partial charge in [0.25, 0.3) is 0 Å². The highest BCUT2D eigenvalue weighted by Crippen LogP contribution is 2.34. The fourth-order valence-corrected chi connectivity index (χ4v) is 4.64. The van der Waals surface area contributed by atoms with E-state index in [1.165, 1.54) is 24.3 Å². The van der Waals surface area contributed by atoms with Crippen LogP contribution in [0.5, 0.6) is 5.75 Å². The van der Waals surface area contributed by atoms with Gasteiger partial charge in [-0.25, -0.2) is 8.78 Å².